The molecule has 0 unspecified atom stereocenters. The van der Waals surface area contributed by atoms with Gasteiger partial charge in [0.05, 0.1) is 30.1 Å². The van der Waals surface area contributed by atoms with Gasteiger partial charge in [0.2, 0.25) is 5.58 Å². The number of rotatable bonds is 6. The van der Waals surface area contributed by atoms with E-state index < -0.39 is 38.9 Å². The van der Waals surface area contributed by atoms with E-state index in [1.165, 1.54) is 26.2 Å². The first-order chi connectivity index (χ1) is 14.5. The number of nitro benzene ring substituents is 1. The number of fused-ring (bicyclic) bond motifs is 1. The van der Waals surface area contributed by atoms with Gasteiger partial charge in [0.1, 0.15) is 0 Å². The predicted molar refractivity (Wildman–Crippen MR) is 104 cm³/mol. The Morgan fingerprint density at radius 2 is 1.84 bits per heavy atom. The average molecular weight is 439 g/mol. The molecule has 164 valence electrons. The number of nitrogens with zero attached hydrogens (tertiary/aromatic N) is 3. The summed E-state index contributed by atoms with van der Waals surface area (Å²) in [5.74, 6) is 0.956. The minimum Gasteiger partial charge on any atom is -0.493 e. The van der Waals surface area contributed by atoms with Gasteiger partial charge in [-0.25, -0.2) is 0 Å². The minimum absolute atomic E-state index is 0.149. The maximum Gasteiger partial charge on any atom is 0.416 e. The van der Waals surface area contributed by atoms with E-state index in [1.807, 2.05) is 0 Å². The van der Waals surface area contributed by atoms with Gasteiger partial charge >= 0.3 is 17.9 Å². The summed E-state index contributed by atoms with van der Waals surface area (Å²) < 4.78 is 54.9. The number of alkyl halides is 3. The number of halogens is 3. The van der Waals surface area contributed by atoms with Crippen LogP contribution < -0.4 is 19.9 Å². The number of aromatic nitrogens is 1. The van der Waals surface area contributed by atoms with Gasteiger partial charge in [0, 0.05) is 19.7 Å². The normalized spacial score (nSPS) is 11.4. The topological polar surface area (TPSA) is 108 Å². The Bertz CT molecular complexity index is 1210. The molecule has 31 heavy (non-hydrogen) atoms. The number of ether oxygens (including phenoxy) is 2. The third-order valence-corrected chi connectivity index (χ3v) is 4.41. The zero-order valence-corrected chi connectivity index (χ0v) is 16.5. The molecule has 0 spiro atoms. The fourth-order valence-electron chi connectivity index (χ4n) is 2.92. The number of nitro groups is 1. The molecule has 9 nitrogen and oxygen atoms in total. The standard InChI is InChI=1S/C19H16F3N3O6/c1-24(9-10-4-5-14(29-2)15(6-10)30-3)18-23-17(26)12-7-11(19(20,21)22)8-13(25(27)28)16(12)31-18/h4-8H,9H2,1-3H3. The summed E-state index contributed by atoms with van der Waals surface area (Å²) in [6.45, 7) is 0.149. The fourth-order valence-corrected chi connectivity index (χ4v) is 2.92. The molecule has 3 rings (SSSR count). The monoisotopic (exact) mass is 439 g/mol. The molecule has 0 radical (unpaired) electrons. The Morgan fingerprint density at radius 1 is 1.16 bits per heavy atom. The van der Waals surface area contributed by atoms with Crippen molar-refractivity contribution < 1.29 is 32.0 Å². The zero-order valence-electron chi connectivity index (χ0n) is 16.5. The molecule has 1 heterocycles. The van der Waals surface area contributed by atoms with Crippen molar-refractivity contribution in [1.29, 1.82) is 0 Å². The van der Waals surface area contributed by atoms with Crippen molar-refractivity contribution in [3.63, 3.8) is 0 Å². The van der Waals surface area contributed by atoms with E-state index in [0.717, 1.165) is 0 Å². The van der Waals surface area contributed by atoms with Crippen LogP contribution >= 0.6 is 0 Å². The van der Waals surface area contributed by atoms with Gasteiger partial charge in [-0.15, -0.1) is 0 Å². The second-order valence-electron chi connectivity index (χ2n) is 6.47. The second kappa shape index (κ2) is 8.13. The van der Waals surface area contributed by atoms with E-state index in [-0.39, 0.29) is 12.6 Å². The highest BCUT2D eigenvalue weighted by Crippen LogP contribution is 2.36. The predicted octanol–water partition coefficient (Wildman–Crippen LogP) is 3.77. The van der Waals surface area contributed by atoms with Crippen LogP contribution in [0.15, 0.2) is 39.5 Å². The fraction of sp³-hybridized carbons (Fsp3) is 0.263. The quantitative estimate of drug-likeness (QED) is 0.422. The number of benzene rings is 2. The Morgan fingerprint density at radius 3 is 2.42 bits per heavy atom. The molecule has 3 aromatic rings. The summed E-state index contributed by atoms with van der Waals surface area (Å²) in [7, 11) is 4.45. The first kappa shape index (κ1) is 21.9. The summed E-state index contributed by atoms with van der Waals surface area (Å²) in [5.41, 5.74) is -3.29. The molecule has 0 atom stereocenters. The molecule has 2 aromatic carbocycles. The Labute approximate surface area is 172 Å². The lowest BCUT2D eigenvalue weighted by atomic mass is 10.1. The lowest BCUT2D eigenvalue weighted by Gasteiger charge is -2.18. The van der Waals surface area contributed by atoms with Crippen LogP contribution in [0.1, 0.15) is 11.1 Å². The van der Waals surface area contributed by atoms with Crippen LogP contribution in [0.25, 0.3) is 11.0 Å². The summed E-state index contributed by atoms with van der Waals surface area (Å²) in [6, 6.07) is 5.56. The van der Waals surface area contributed by atoms with Gasteiger partial charge in [0.25, 0.3) is 5.56 Å². The van der Waals surface area contributed by atoms with Gasteiger partial charge in [-0.1, -0.05) is 6.07 Å². The van der Waals surface area contributed by atoms with Crippen LogP contribution in [0, 0.1) is 10.1 Å². The van der Waals surface area contributed by atoms with Crippen LogP contribution in [0.2, 0.25) is 0 Å². The highest BCUT2D eigenvalue weighted by atomic mass is 19.4. The largest absolute Gasteiger partial charge is 0.493 e. The van der Waals surface area contributed by atoms with E-state index >= 15 is 0 Å². The summed E-state index contributed by atoms with van der Waals surface area (Å²) in [4.78, 5) is 27.7. The van der Waals surface area contributed by atoms with E-state index in [4.69, 9.17) is 13.9 Å². The highest BCUT2D eigenvalue weighted by molar-refractivity contribution is 5.86. The third kappa shape index (κ3) is 4.37. The van der Waals surface area contributed by atoms with Crippen molar-refractivity contribution in [3.8, 4) is 11.5 Å². The van der Waals surface area contributed by atoms with Gasteiger partial charge in [-0.2, -0.15) is 18.2 Å². The molecule has 0 fully saturated rings. The van der Waals surface area contributed by atoms with Crippen molar-refractivity contribution in [2.45, 2.75) is 12.7 Å². The number of hydrogen-bond donors (Lipinski definition) is 0. The van der Waals surface area contributed by atoms with Gasteiger partial charge in [-0.3, -0.25) is 14.9 Å². The molecule has 0 amide bonds. The molecule has 0 saturated heterocycles. The summed E-state index contributed by atoms with van der Waals surface area (Å²) in [6.07, 6.45) is -4.88. The van der Waals surface area contributed by atoms with E-state index in [2.05, 4.69) is 4.98 Å². The van der Waals surface area contributed by atoms with Crippen LogP contribution in [0.4, 0.5) is 24.9 Å². The van der Waals surface area contributed by atoms with Crippen LogP contribution in [-0.4, -0.2) is 31.2 Å². The molecule has 1 aromatic heterocycles. The molecule has 0 aliphatic carbocycles. The van der Waals surface area contributed by atoms with Crippen LogP contribution in [0.3, 0.4) is 0 Å². The lowest BCUT2D eigenvalue weighted by molar-refractivity contribution is -0.383. The third-order valence-electron chi connectivity index (χ3n) is 4.41. The van der Waals surface area contributed by atoms with Gasteiger partial charge < -0.3 is 18.8 Å². The SMILES string of the molecule is COc1ccc(CN(C)c2nc(=O)c3cc(C(F)(F)F)cc([N+](=O)[O-])c3o2)cc1OC. The number of hydrogen-bond acceptors (Lipinski definition) is 8. The Hall–Kier alpha value is -3.83. The second-order valence-corrected chi connectivity index (χ2v) is 6.47. The Kier molecular flexibility index (Phi) is 5.73. The lowest BCUT2D eigenvalue weighted by Crippen LogP contribution is -2.21. The Balaban J connectivity index is 2.06. The molecule has 0 saturated carbocycles. The first-order valence-corrected chi connectivity index (χ1v) is 8.67. The first-order valence-electron chi connectivity index (χ1n) is 8.67. The maximum atomic E-state index is 13.1. The zero-order chi connectivity index (χ0) is 22.9. The van der Waals surface area contributed by atoms with Gasteiger partial charge in [-0.05, 0) is 23.8 Å². The molecular formula is C19H16F3N3O6. The maximum absolute atomic E-state index is 13.1. The molecular weight excluding hydrogens is 423 g/mol. The smallest absolute Gasteiger partial charge is 0.416 e. The number of methoxy groups -OCH3 is 2. The number of non-ortho nitro benzene ring substituents is 1. The summed E-state index contributed by atoms with van der Waals surface area (Å²) in [5, 5.41) is 10.7. The van der Waals surface area contributed by atoms with E-state index in [1.54, 1.807) is 18.2 Å². The van der Waals surface area contributed by atoms with Crippen molar-refractivity contribution in [1.82, 2.24) is 4.98 Å². The molecule has 0 aliphatic heterocycles. The molecule has 0 aliphatic rings. The van der Waals surface area contributed by atoms with Crippen LogP contribution in [0.5, 0.6) is 11.5 Å². The van der Waals surface area contributed by atoms with Crippen molar-refractivity contribution in [2.75, 3.05) is 26.2 Å². The molecule has 0 N–H and O–H groups in total. The summed E-state index contributed by atoms with van der Waals surface area (Å²) >= 11 is 0. The van der Waals surface area contributed by atoms with Crippen molar-refractivity contribution in [2.24, 2.45) is 0 Å². The average Bonchev–Trinajstić information content (AvgIpc) is 2.71. The molecule has 12 heteroatoms. The minimum atomic E-state index is -4.88. The van der Waals surface area contributed by atoms with Crippen LogP contribution in [-0.2, 0) is 12.7 Å². The van der Waals surface area contributed by atoms with E-state index in [0.29, 0.717) is 29.2 Å². The van der Waals surface area contributed by atoms with Crippen molar-refractivity contribution in [3.05, 3.63) is 61.9 Å². The van der Waals surface area contributed by atoms with Gasteiger partial charge in [0.15, 0.2) is 11.5 Å². The van der Waals surface area contributed by atoms with E-state index in [9.17, 15) is 28.1 Å². The van der Waals surface area contributed by atoms with Crippen molar-refractivity contribution >= 4 is 22.7 Å². The highest BCUT2D eigenvalue weighted by Gasteiger charge is 2.34. The molecule has 0 bridgehead atoms. The number of anilines is 1.